The highest BCUT2D eigenvalue weighted by Crippen LogP contribution is 2.13. The van der Waals surface area contributed by atoms with Crippen molar-refractivity contribution in [3.8, 4) is 6.07 Å². The number of nitriles is 1. The third-order valence-corrected chi connectivity index (χ3v) is 2.80. The zero-order valence-electron chi connectivity index (χ0n) is 10.8. The fraction of sp³-hybridized carbons (Fsp3) is 0.429. The van der Waals surface area contributed by atoms with Crippen LogP contribution in [0.5, 0.6) is 0 Å². The quantitative estimate of drug-likeness (QED) is 0.801. The van der Waals surface area contributed by atoms with E-state index in [9.17, 15) is 4.79 Å². The topological polar surface area (TPSA) is 44.1 Å². The number of amides is 1. The van der Waals surface area contributed by atoms with E-state index in [1.165, 1.54) is 4.90 Å². The molecule has 1 amide bonds. The molecule has 0 aromatic heterocycles. The van der Waals surface area contributed by atoms with Crippen molar-refractivity contribution >= 4 is 5.91 Å². The smallest absolute Gasteiger partial charge is 0.254 e. The van der Waals surface area contributed by atoms with Gasteiger partial charge in [-0.05, 0) is 25.0 Å². The van der Waals surface area contributed by atoms with E-state index in [1.54, 1.807) is 19.2 Å². The molecule has 0 aliphatic carbocycles. The molecule has 1 aromatic rings. The van der Waals surface area contributed by atoms with Gasteiger partial charge in [0.2, 0.25) is 0 Å². The van der Waals surface area contributed by atoms with E-state index in [0.717, 1.165) is 5.56 Å². The van der Waals surface area contributed by atoms with Crippen molar-refractivity contribution in [2.75, 3.05) is 7.05 Å². The van der Waals surface area contributed by atoms with Gasteiger partial charge in [0.25, 0.3) is 5.91 Å². The van der Waals surface area contributed by atoms with Gasteiger partial charge in [-0.15, -0.1) is 0 Å². The van der Waals surface area contributed by atoms with Crippen LogP contribution in [0.4, 0.5) is 0 Å². The molecule has 0 aliphatic rings. The number of carbonyl (C=O) groups excluding carboxylic acids is 1. The van der Waals surface area contributed by atoms with Gasteiger partial charge in [-0.2, -0.15) is 5.26 Å². The maximum atomic E-state index is 12.1. The first-order chi connectivity index (χ1) is 7.97. The minimum Gasteiger partial charge on any atom is -0.325 e. The Kier molecular flexibility index (Phi) is 4.28. The molecule has 0 saturated carbocycles. The molecule has 0 saturated heterocycles. The number of benzene rings is 1. The van der Waals surface area contributed by atoms with Gasteiger partial charge in [0.05, 0.1) is 6.07 Å². The minimum atomic E-state index is -0.385. The maximum absolute atomic E-state index is 12.1. The second-order valence-corrected chi connectivity index (χ2v) is 4.60. The molecule has 3 nitrogen and oxygen atoms in total. The van der Waals surface area contributed by atoms with Crippen molar-refractivity contribution in [3.05, 3.63) is 35.4 Å². The van der Waals surface area contributed by atoms with Crippen LogP contribution in [0, 0.1) is 24.2 Å². The van der Waals surface area contributed by atoms with Crippen LogP contribution in [0.2, 0.25) is 0 Å². The number of aryl methyl sites for hydroxylation is 1. The minimum absolute atomic E-state index is 0.106. The predicted molar refractivity (Wildman–Crippen MR) is 67.5 cm³/mol. The van der Waals surface area contributed by atoms with E-state index < -0.39 is 0 Å². The zero-order chi connectivity index (χ0) is 13.0. The van der Waals surface area contributed by atoms with Crippen molar-refractivity contribution < 1.29 is 4.79 Å². The van der Waals surface area contributed by atoms with Crippen LogP contribution in [-0.2, 0) is 0 Å². The molecule has 0 heterocycles. The van der Waals surface area contributed by atoms with Gasteiger partial charge in [0.1, 0.15) is 6.04 Å². The highest BCUT2D eigenvalue weighted by Gasteiger charge is 2.23. The molecule has 1 aromatic carbocycles. The molecule has 17 heavy (non-hydrogen) atoms. The first-order valence-corrected chi connectivity index (χ1v) is 5.70. The lowest BCUT2D eigenvalue weighted by molar-refractivity contribution is 0.0736. The van der Waals surface area contributed by atoms with Gasteiger partial charge in [0, 0.05) is 12.6 Å². The van der Waals surface area contributed by atoms with Gasteiger partial charge in [-0.1, -0.05) is 31.5 Å². The van der Waals surface area contributed by atoms with Gasteiger partial charge in [-0.3, -0.25) is 4.79 Å². The predicted octanol–water partition coefficient (Wildman–Crippen LogP) is 2.62. The average molecular weight is 230 g/mol. The molecule has 1 unspecified atom stereocenters. The summed E-state index contributed by atoms with van der Waals surface area (Å²) in [4.78, 5) is 13.6. The summed E-state index contributed by atoms with van der Waals surface area (Å²) in [5.74, 6) is 0.0182. The molecule has 3 heteroatoms. The third-order valence-electron chi connectivity index (χ3n) is 2.80. The van der Waals surface area contributed by atoms with Crippen LogP contribution in [0.25, 0.3) is 0 Å². The van der Waals surface area contributed by atoms with E-state index in [0.29, 0.717) is 5.56 Å². The van der Waals surface area contributed by atoms with Crippen molar-refractivity contribution in [1.29, 1.82) is 5.26 Å². The van der Waals surface area contributed by atoms with Crippen LogP contribution in [0.1, 0.15) is 29.8 Å². The van der Waals surface area contributed by atoms with E-state index >= 15 is 0 Å². The highest BCUT2D eigenvalue weighted by atomic mass is 16.2. The lowest BCUT2D eigenvalue weighted by Gasteiger charge is -2.25. The van der Waals surface area contributed by atoms with Gasteiger partial charge in [-0.25, -0.2) is 0 Å². The van der Waals surface area contributed by atoms with Crippen LogP contribution in [0.15, 0.2) is 24.3 Å². The molecular formula is C14H18N2O. The Bertz CT molecular complexity index is 429. The second kappa shape index (κ2) is 5.49. The summed E-state index contributed by atoms with van der Waals surface area (Å²) < 4.78 is 0. The van der Waals surface area contributed by atoms with Gasteiger partial charge < -0.3 is 4.90 Å². The standard InChI is InChI=1S/C14H18N2O/c1-10(2)13(9-15)16(4)14(17)12-7-5-11(3)6-8-12/h5-8,10,13H,1-4H3. The summed E-state index contributed by atoms with van der Waals surface area (Å²) in [5, 5.41) is 9.06. The molecular weight excluding hydrogens is 212 g/mol. The summed E-state index contributed by atoms with van der Waals surface area (Å²) in [6.07, 6.45) is 0. The first kappa shape index (κ1) is 13.2. The summed E-state index contributed by atoms with van der Waals surface area (Å²) in [7, 11) is 1.68. The summed E-state index contributed by atoms with van der Waals surface area (Å²) in [6.45, 7) is 5.85. The fourth-order valence-electron chi connectivity index (χ4n) is 1.71. The molecule has 1 atom stereocenters. The zero-order valence-corrected chi connectivity index (χ0v) is 10.8. The Hall–Kier alpha value is -1.82. The van der Waals surface area contributed by atoms with Crippen LogP contribution >= 0.6 is 0 Å². The number of hydrogen-bond acceptors (Lipinski definition) is 2. The summed E-state index contributed by atoms with van der Waals surface area (Å²) >= 11 is 0. The SMILES string of the molecule is Cc1ccc(C(=O)N(C)C(C#N)C(C)C)cc1. The fourth-order valence-corrected chi connectivity index (χ4v) is 1.71. The van der Waals surface area contributed by atoms with Crippen molar-refractivity contribution in [3.63, 3.8) is 0 Å². The molecule has 0 N–H and O–H groups in total. The molecule has 0 radical (unpaired) electrons. The van der Waals surface area contributed by atoms with E-state index in [2.05, 4.69) is 6.07 Å². The normalized spacial score (nSPS) is 12.0. The largest absolute Gasteiger partial charge is 0.325 e. The van der Waals surface area contributed by atoms with Crippen molar-refractivity contribution in [2.24, 2.45) is 5.92 Å². The van der Waals surface area contributed by atoms with Crippen LogP contribution < -0.4 is 0 Å². The first-order valence-electron chi connectivity index (χ1n) is 5.70. The Morgan fingerprint density at radius 3 is 2.24 bits per heavy atom. The Morgan fingerprint density at radius 1 is 1.29 bits per heavy atom. The van der Waals surface area contributed by atoms with E-state index in [4.69, 9.17) is 5.26 Å². The average Bonchev–Trinajstić information content (AvgIpc) is 2.29. The van der Waals surface area contributed by atoms with Crippen LogP contribution in [-0.4, -0.2) is 23.9 Å². The molecule has 1 rings (SSSR count). The second-order valence-electron chi connectivity index (χ2n) is 4.60. The highest BCUT2D eigenvalue weighted by molar-refractivity contribution is 5.94. The van der Waals surface area contributed by atoms with E-state index in [1.807, 2.05) is 32.9 Å². The molecule has 0 fully saturated rings. The molecule has 90 valence electrons. The van der Waals surface area contributed by atoms with Crippen molar-refractivity contribution in [1.82, 2.24) is 4.90 Å². The number of nitrogens with zero attached hydrogens (tertiary/aromatic N) is 2. The number of rotatable bonds is 3. The Balaban J connectivity index is 2.90. The van der Waals surface area contributed by atoms with E-state index in [-0.39, 0.29) is 17.9 Å². The number of carbonyl (C=O) groups is 1. The lowest BCUT2D eigenvalue weighted by Crippen LogP contribution is -2.39. The Morgan fingerprint density at radius 2 is 1.82 bits per heavy atom. The van der Waals surface area contributed by atoms with Crippen LogP contribution in [0.3, 0.4) is 0 Å². The van der Waals surface area contributed by atoms with Crippen molar-refractivity contribution in [2.45, 2.75) is 26.8 Å². The molecule has 0 spiro atoms. The van der Waals surface area contributed by atoms with Gasteiger partial charge in [0.15, 0.2) is 0 Å². The monoisotopic (exact) mass is 230 g/mol. The maximum Gasteiger partial charge on any atom is 0.254 e. The summed E-state index contributed by atoms with van der Waals surface area (Å²) in [6, 6.07) is 9.17. The number of hydrogen-bond donors (Lipinski definition) is 0. The summed E-state index contributed by atoms with van der Waals surface area (Å²) in [5.41, 5.74) is 1.74. The lowest BCUT2D eigenvalue weighted by atomic mass is 10.0. The van der Waals surface area contributed by atoms with Gasteiger partial charge >= 0.3 is 0 Å². The Labute approximate surface area is 103 Å². The molecule has 0 bridgehead atoms. The third kappa shape index (κ3) is 3.07. The molecule has 0 aliphatic heterocycles.